The monoisotopic (exact) mass is 713 g/mol. The van der Waals surface area contributed by atoms with Crippen molar-refractivity contribution in [3.63, 3.8) is 0 Å². The van der Waals surface area contributed by atoms with Gasteiger partial charge in [0.2, 0.25) is 0 Å². The Morgan fingerprint density at radius 2 is 1.33 bits per heavy atom. The molecule has 1 aromatic heterocycles. The molecule has 20 nitrogen and oxygen atoms in total. The van der Waals surface area contributed by atoms with E-state index < -0.39 is 62.2 Å². The molecule has 0 aliphatic carbocycles. The molecule has 0 atom stereocenters. The summed E-state index contributed by atoms with van der Waals surface area (Å²) in [6, 6.07) is 8.40. The van der Waals surface area contributed by atoms with Gasteiger partial charge in [-0.25, -0.2) is 9.97 Å². The molecule has 1 heterocycles. The number of nitrogens with zero attached hydrogens (tertiary/aromatic N) is 7. The Morgan fingerprint density at radius 1 is 0.761 bits per heavy atom. The van der Waals surface area contributed by atoms with Crippen LogP contribution in [-0.4, -0.2) is 65.3 Å². The summed E-state index contributed by atoms with van der Waals surface area (Å²) in [6.45, 7) is 0. The van der Waals surface area contributed by atoms with Gasteiger partial charge in [-0.05, 0) is 30.3 Å². The Morgan fingerprint density at radius 3 is 1.89 bits per heavy atom. The third-order valence-corrected chi connectivity index (χ3v) is 9.24. The van der Waals surface area contributed by atoms with E-state index in [1.807, 2.05) is 0 Å². The van der Waals surface area contributed by atoms with E-state index >= 15 is 0 Å². The lowest BCUT2D eigenvalue weighted by atomic mass is 10.1. The fourth-order valence-electron chi connectivity index (χ4n) is 3.62. The number of fused-ring (bicyclic) bond motifs is 1. The van der Waals surface area contributed by atoms with Gasteiger partial charge in [0.15, 0.2) is 22.5 Å². The molecule has 0 saturated carbocycles. The van der Waals surface area contributed by atoms with Crippen molar-refractivity contribution < 1.29 is 43.8 Å². The number of hydrogen-bond donors (Lipinski definition) is 5. The first-order chi connectivity index (χ1) is 21.3. The summed E-state index contributed by atoms with van der Waals surface area (Å²) in [5, 5.41) is 27.0. The quantitative estimate of drug-likeness (QED) is 0.0366. The summed E-state index contributed by atoms with van der Waals surface area (Å²) >= 11 is 0.842. The van der Waals surface area contributed by atoms with Crippen molar-refractivity contribution in [3.05, 3.63) is 58.6 Å². The molecule has 0 aliphatic rings. The molecule has 3 aromatic carbocycles. The standard InChI is InChI=1S/C22H19N9O11S4/c23-20-19(21(24)26-22(25-20)43-7-8-44(34,35)36)30-28-16-6-5-15(13-3-2-12(10-14(13)16)45(37,38)39)27-29-17-4-1-11(31(32)33)9-18(17)46(40,41)42/h1-6,9-10H,7-8H2,(H,34,35,36)(H,37,38,39)(H,40,41,42)(H4,23,24,25,26)/b29-27+,30-28+. The molecule has 242 valence electrons. The Bertz CT molecular complexity index is 2260. The molecule has 7 N–H and O–H groups in total. The molecule has 0 bridgehead atoms. The number of hydrogen-bond acceptors (Lipinski definition) is 17. The molecule has 0 aliphatic heterocycles. The lowest BCUT2D eigenvalue weighted by molar-refractivity contribution is -0.385. The summed E-state index contributed by atoms with van der Waals surface area (Å²) in [7, 11) is -13.9. The van der Waals surface area contributed by atoms with Crippen molar-refractivity contribution in [3.8, 4) is 0 Å². The fourth-order valence-corrected chi connectivity index (χ4v) is 6.46. The number of nitrogen functional groups attached to an aromatic ring is 2. The first-order valence-corrected chi connectivity index (χ1v) is 17.5. The Labute approximate surface area is 263 Å². The number of azo groups is 2. The van der Waals surface area contributed by atoms with Gasteiger partial charge in [-0.1, -0.05) is 17.8 Å². The average Bonchev–Trinajstić information content (AvgIpc) is 2.94. The van der Waals surface area contributed by atoms with Crippen LogP contribution in [-0.2, 0) is 30.4 Å². The Balaban J connectivity index is 1.77. The number of aromatic nitrogens is 2. The van der Waals surface area contributed by atoms with E-state index in [0.717, 1.165) is 36.0 Å². The van der Waals surface area contributed by atoms with Crippen LogP contribution in [0.25, 0.3) is 10.8 Å². The average molecular weight is 714 g/mol. The first-order valence-electron chi connectivity index (χ1n) is 12.0. The highest BCUT2D eigenvalue weighted by atomic mass is 32.2. The van der Waals surface area contributed by atoms with E-state index in [1.54, 1.807) is 0 Å². The molecule has 0 saturated heterocycles. The van der Waals surface area contributed by atoms with Crippen molar-refractivity contribution in [1.29, 1.82) is 0 Å². The number of rotatable bonds is 11. The van der Waals surface area contributed by atoms with Crippen molar-refractivity contribution in [2.75, 3.05) is 23.0 Å². The zero-order chi connectivity index (χ0) is 34.0. The molecule has 0 spiro atoms. The number of anilines is 2. The number of benzene rings is 3. The lowest BCUT2D eigenvalue weighted by Gasteiger charge is -2.08. The zero-order valence-corrected chi connectivity index (χ0v) is 25.8. The van der Waals surface area contributed by atoms with Crippen LogP contribution in [0.4, 0.5) is 40.1 Å². The van der Waals surface area contributed by atoms with Gasteiger partial charge >= 0.3 is 0 Å². The zero-order valence-electron chi connectivity index (χ0n) is 22.6. The fraction of sp³-hybridized carbons (Fsp3) is 0.0909. The van der Waals surface area contributed by atoms with Gasteiger partial charge in [0.05, 0.1) is 26.9 Å². The van der Waals surface area contributed by atoms with Gasteiger partial charge < -0.3 is 11.5 Å². The molecule has 0 fully saturated rings. The minimum atomic E-state index is -4.97. The molecule has 0 amide bonds. The highest BCUT2D eigenvalue weighted by Crippen LogP contribution is 2.38. The normalized spacial score (nSPS) is 12.8. The van der Waals surface area contributed by atoms with E-state index in [0.29, 0.717) is 6.07 Å². The number of non-ortho nitro benzene ring substituents is 1. The summed E-state index contributed by atoms with van der Waals surface area (Å²) in [6.07, 6.45) is 0. The van der Waals surface area contributed by atoms with E-state index in [2.05, 4.69) is 30.4 Å². The van der Waals surface area contributed by atoms with Gasteiger partial charge in [0.25, 0.3) is 36.0 Å². The topological polar surface area (TPSA) is 334 Å². The molecule has 4 aromatic rings. The molecular formula is C22H19N9O11S4. The number of nitro benzene ring substituents is 1. The summed E-state index contributed by atoms with van der Waals surface area (Å²) in [5.74, 6) is -1.19. The SMILES string of the molecule is Nc1nc(SCCS(=O)(=O)O)nc(N)c1/N=N/c1ccc(/N=N/c2ccc([N+](=O)[O-])cc2S(=O)(=O)O)c2ccc(S(=O)(=O)O)cc12. The van der Waals surface area contributed by atoms with E-state index in [1.165, 1.54) is 18.2 Å². The number of thioether (sulfide) groups is 1. The third kappa shape index (κ3) is 8.30. The summed E-state index contributed by atoms with van der Waals surface area (Å²) < 4.78 is 97.2. The minimum Gasteiger partial charge on any atom is -0.382 e. The highest BCUT2D eigenvalue weighted by molar-refractivity contribution is 8.00. The highest BCUT2D eigenvalue weighted by Gasteiger charge is 2.21. The van der Waals surface area contributed by atoms with Crippen LogP contribution in [0.5, 0.6) is 0 Å². The Kier molecular flexibility index (Phi) is 9.62. The molecule has 4 rings (SSSR count). The van der Waals surface area contributed by atoms with Crippen molar-refractivity contribution >= 4 is 93.0 Å². The molecule has 0 radical (unpaired) electrons. The minimum absolute atomic E-state index is 0.00381. The van der Waals surface area contributed by atoms with Crippen molar-refractivity contribution in [1.82, 2.24) is 9.97 Å². The molecule has 0 unspecified atom stereocenters. The largest absolute Gasteiger partial charge is 0.382 e. The first kappa shape index (κ1) is 34.2. The molecule has 46 heavy (non-hydrogen) atoms. The van der Waals surface area contributed by atoms with Gasteiger partial charge in [0.1, 0.15) is 10.6 Å². The predicted octanol–water partition coefficient (Wildman–Crippen LogP) is 4.01. The Hall–Kier alpha value is -4.72. The van der Waals surface area contributed by atoms with Crippen LogP contribution >= 0.6 is 11.8 Å². The van der Waals surface area contributed by atoms with Gasteiger partial charge in [0, 0.05) is 28.7 Å². The van der Waals surface area contributed by atoms with Gasteiger partial charge in [-0.3, -0.25) is 23.8 Å². The third-order valence-electron chi connectivity index (χ3n) is 5.69. The second-order valence-electron chi connectivity index (χ2n) is 8.83. The van der Waals surface area contributed by atoms with Gasteiger partial charge in [-0.2, -0.15) is 25.3 Å². The lowest BCUT2D eigenvalue weighted by Crippen LogP contribution is -2.07. The second kappa shape index (κ2) is 12.9. The van der Waals surface area contributed by atoms with Gasteiger partial charge in [-0.15, -0.1) is 20.5 Å². The van der Waals surface area contributed by atoms with Crippen molar-refractivity contribution in [2.24, 2.45) is 20.5 Å². The molecule has 24 heteroatoms. The maximum absolute atomic E-state index is 11.9. The van der Waals surface area contributed by atoms with E-state index in [-0.39, 0.29) is 50.4 Å². The van der Waals surface area contributed by atoms with Crippen LogP contribution in [0.1, 0.15) is 0 Å². The maximum Gasteiger partial charge on any atom is 0.297 e. The molecular weight excluding hydrogens is 695 g/mol. The van der Waals surface area contributed by atoms with Crippen LogP contribution in [0.2, 0.25) is 0 Å². The summed E-state index contributed by atoms with van der Waals surface area (Å²) in [5.41, 5.74) is 10.5. The van der Waals surface area contributed by atoms with Crippen LogP contribution in [0.15, 0.2) is 83.9 Å². The van der Waals surface area contributed by atoms with Crippen molar-refractivity contribution in [2.45, 2.75) is 14.9 Å². The maximum atomic E-state index is 11.9. The van der Waals surface area contributed by atoms with Crippen LogP contribution in [0, 0.1) is 10.1 Å². The predicted molar refractivity (Wildman–Crippen MR) is 163 cm³/mol. The number of nitrogens with two attached hydrogens (primary N) is 2. The smallest absolute Gasteiger partial charge is 0.297 e. The van der Waals surface area contributed by atoms with E-state index in [4.69, 9.17) is 16.0 Å². The van der Waals surface area contributed by atoms with E-state index in [9.17, 15) is 44.5 Å². The van der Waals surface area contributed by atoms with Crippen LogP contribution in [0.3, 0.4) is 0 Å². The number of nitro groups is 1. The van der Waals surface area contributed by atoms with Crippen LogP contribution < -0.4 is 11.5 Å². The second-order valence-corrected chi connectivity index (χ2v) is 14.3. The summed E-state index contributed by atoms with van der Waals surface area (Å²) in [4.78, 5) is 16.7.